The summed E-state index contributed by atoms with van der Waals surface area (Å²) in [5, 5.41) is 39.1. The molecule has 0 aromatic rings. The van der Waals surface area contributed by atoms with Gasteiger partial charge >= 0.3 is 17.9 Å². The molecule has 0 aromatic heterocycles. The molecule has 0 heterocycles. The van der Waals surface area contributed by atoms with E-state index < -0.39 is 17.9 Å². The van der Waals surface area contributed by atoms with Gasteiger partial charge in [-0.3, -0.25) is 14.4 Å². The first-order valence-corrected chi connectivity index (χ1v) is 18.6. The predicted octanol–water partition coefficient (Wildman–Crippen LogP) is 9.21. The van der Waals surface area contributed by atoms with Crippen molar-refractivity contribution in [3.63, 3.8) is 0 Å². The fraction of sp³-hybridized carbons (Fsp3) is 0.912. The topological polar surface area (TPSA) is 152 Å². The van der Waals surface area contributed by atoms with Crippen LogP contribution in [0.25, 0.3) is 0 Å². The van der Waals surface area contributed by atoms with Gasteiger partial charge in [0.25, 0.3) is 0 Å². The van der Waals surface area contributed by atoms with Gasteiger partial charge < -0.3 is 25.5 Å². The lowest BCUT2D eigenvalue weighted by Crippen LogP contribution is -1.93. The van der Waals surface area contributed by atoms with Crippen LogP contribution in [0.3, 0.4) is 0 Å². The zero-order valence-electron chi connectivity index (χ0n) is 28.1. The van der Waals surface area contributed by atoms with E-state index in [4.69, 9.17) is 25.5 Å². The molecule has 0 aromatic carbocycles. The highest BCUT2D eigenvalue weighted by atomic mass is 32.1. The van der Waals surface area contributed by atoms with Crippen LogP contribution in [-0.2, 0) is 14.4 Å². The molecule has 0 fully saturated rings. The Bertz CT molecular complexity index is 549. The number of hydrogen-bond donors (Lipinski definition) is 7. The van der Waals surface area contributed by atoms with Crippen molar-refractivity contribution in [1.29, 1.82) is 0 Å². The molecule has 0 unspecified atom stereocenters. The van der Waals surface area contributed by atoms with E-state index in [0.717, 1.165) is 12.8 Å². The molecule has 44 heavy (non-hydrogen) atoms. The first kappa shape index (κ1) is 49.9. The summed E-state index contributed by atoms with van der Waals surface area (Å²) in [7, 11) is 0. The van der Waals surface area contributed by atoms with Gasteiger partial charge in [-0.2, -0.15) is 25.3 Å². The SMILES string of the molecule is CCCCCCCCCCCCCCCCCCCCCCCCCCCC(=O)O.O=C(O)CS.O=C(O)CS.OCCO. The highest BCUT2D eigenvalue weighted by molar-refractivity contribution is 7.81. The van der Waals surface area contributed by atoms with Crippen LogP contribution < -0.4 is 0 Å². The Balaban J connectivity index is -0.000000470. The Morgan fingerprint density at radius 1 is 0.386 bits per heavy atom. The molecule has 0 saturated heterocycles. The number of unbranched alkanes of at least 4 members (excludes halogenated alkanes) is 24. The quantitative estimate of drug-likeness (QED) is 0.0307. The molecule has 0 spiro atoms. The summed E-state index contributed by atoms with van der Waals surface area (Å²) in [4.78, 5) is 29.0. The van der Waals surface area contributed by atoms with E-state index in [-0.39, 0.29) is 24.7 Å². The zero-order chi connectivity index (χ0) is 33.9. The van der Waals surface area contributed by atoms with Crippen LogP contribution in [0.4, 0.5) is 0 Å². The second-order valence-corrected chi connectivity index (χ2v) is 11.8. The molecule has 5 N–H and O–H groups in total. The number of carbonyl (C=O) groups is 3. The van der Waals surface area contributed by atoms with Crippen molar-refractivity contribution in [2.45, 2.75) is 174 Å². The maximum Gasteiger partial charge on any atom is 0.313 e. The smallest absolute Gasteiger partial charge is 0.313 e. The van der Waals surface area contributed by atoms with Crippen LogP contribution in [0.1, 0.15) is 174 Å². The molecular formula is C34H70O8S2. The standard InChI is InChI=1S/C28H56O2.2C2H4O2S.C2H6O2/c1-2-3-4-5-6-7-8-9-10-11-12-13-14-15-16-17-18-19-20-21-22-23-24-25-26-27-28(29)30;2*3-2(4)1-5;3-1-2-4/h2-27H2,1H3,(H,29,30);2*5H,1H2,(H,3,4);3-4H,1-2H2. The summed E-state index contributed by atoms with van der Waals surface area (Å²) in [6, 6.07) is 0. The lowest BCUT2D eigenvalue weighted by Gasteiger charge is -2.04. The molecule has 0 aliphatic carbocycles. The molecule has 0 bridgehead atoms. The zero-order valence-corrected chi connectivity index (χ0v) is 29.9. The van der Waals surface area contributed by atoms with E-state index >= 15 is 0 Å². The summed E-state index contributed by atoms with van der Waals surface area (Å²) in [6.07, 6.45) is 35.0. The Labute approximate surface area is 281 Å². The molecule has 266 valence electrons. The number of hydrogen-bond acceptors (Lipinski definition) is 7. The average molecular weight is 671 g/mol. The van der Waals surface area contributed by atoms with E-state index in [1.165, 1.54) is 148 Å². The van der Waals surface area contributed by atoms with Crippen molar-refractivity contribution in [2.75, 3.05) is 24.7 Å². The number of carboxylic acid groups (broad SMARTS) is 3. The minimum absolute atomic E-state index is 0.0833. The van der Waals surface area contributed by atoms with Crippen LogP contribution in [0, 0.1) is 0 Å². The van der Waals surface area contributed by atoms with E-state index in [0.29, 0.717) is 6.42 Å². The highest BCUT2D eigenvalue weighted by Crippen LogP contribution is 2.15. The van der Waals surface area contributed by atoms with Crippen molar-refractivity contribution in [3.05, 3.63) is 0 Å². The molecular weight excluding hydrogens is 601 g/mol. The molecule has 0 saturated carbocycles. The third-order valence-corrected chi connectivity index (χ3v) is 7.41. The lowest BCUT2D eigenvalue weighted by atomic mass is 10.0. The summed E-state index contributed by atoms with van der Waals surface area (Å²) in [6.45, 7) is 2.04. The molecule has 0 radical (unpaired) electrons. The van der Waals surface area contributed by atoms with Gasteiger partial charge in [0.1, 0.15) is 0 Å². The summed E-state index contributed by atoms with van der Waals surface area (Å²) >= 11 is 6.83. The van der Waals surface area contributed by atoms with E-state index in [9.17, 15) is 14.4 Å². The van der Waals surface area contributed by atoms with Crippen LogP contribution in [-0.4, -0.2) is 68.2 Å². The van der Waals surface area contributed by atoms with Crippen molar-refractivity contribution >= 4 is 43.2 Å². The maximum atomic E-state index is 10.4. The minimum Gasteiger partial charge on any atom is -0.481 e. The normalized spacial score (nSPS) is 10.0. The molecule has 8 nitrogen and oxygen atoms in total. The van der Waals surface area contributed by atoms with Gasteiger partial charge in [0.15, 0.2) is 0 Å². The summed E-state index contributed by atoms with van der Waals surface area (Å²) in [5.74, 6) is -2.58. The number of aliphatic carboxylic acids is 3. The Hall–Kier alpha value is -0.970. The van der Waals surface area contributed by atoms with E-state index in [1.807, 2.05) is 0 Å². The third kappa shape index (κ3) is 68.3. The average Bonchev–Trinajstić information content (AvgIpc) is 3.01. The molecule has 10 heteroatoms. The Morgan fingerprint density at radius 3 is 0.705 bits per heavy atom. The highest BCUT2D eigenvalue weighted by Gasteiger charge is 1.98. The Kier molecular flexibility index (Phi) is 55.5. The number of carboxylic acids is 3. The fourth-order valence-corrected chi connectivity index (χ4v) is 4.42. The molecule has 0 rings (SSSR count). The van der Waals surface area contributed by atoms with Gasteiger partial charge in [-0.05, 0) is 6.42 Å². The van der Waals surface area contributed by atoms with Gasteiger partial charge in [-0.15, -0.1) is 0 Å². The van der Waals surface area contributed by atoms with Crippen molar-refractivity contribution in [3.8, 4) is 0 Å². The van der Waals surface area contributed by atoms with Gasteiger partial charge in [-0.1, -0.05) is 161 Å². The van der Waals surface area contributed by atoms with E-state index in [2.05, 4.69) is 32.2 Å². The number of rotatable bonds is 29. The first-order valence-electron chi connectivity index (χ1n) is 17.3. The van der Waals surface area contributed by atoms with Crippen molar-refractivity contribution in [2.24, 2.45) is 0 Å². The molecule has 0 atom stereocenters. The first-order chi connectivity index (χ1) is 21.2. The fourth-order valence-electron chi connectivity index (χ4n) is 4.42. The molecule has 0 aliphatic rings. The molecule has 0 amide bonds. The second-order valence-electron chi connectivity index (χ2n) is 11.2. The van der Waals surface area contributed by atoms with Gasteiger partial charge in [0.2, 0.25) is 0 Å². The predicted molar refractivity (Wildman–Crippen MR) is 191 cm³/mol. The van der Waals surface area contributed by atoms with Crippen LogP contribution in [0.15, 0.2) is 0 Å². The second kappa shape index (κ2) is 48.9. The number of aliphatic hydroxyl groups excluding tert-OH is 2. The van der Waals surface area contributed by atoms with Gasteiger partial charge in [0.05, 0.1) is 24.7 Å². The summed E-state index contributed by atoms with van der Waals surface area (Å²) in [5.41, 5.74) is 0. The van der Waals surface area contributed by atoms with Crippen molar-refractivity contribution in [1.82, 2.24) is 0 Å². The lowest BCUT2D eigenvalue weighted by molar-refractivity contribution is -0.137. The largest absolute Gasteiger partial charge is 0.481 e. The van der Waals surface area contributed by atoms with Crippen LogP contribution >= 0.6 is 25.3 Å². The third-order valence-electron chi connectivity index (χ3n) is 6.86. The number of thiol groups is 2. The Morgan fingerprint density at radius 2 is 0.568 bits per heavy atom. The monoisotopic (exact) mass is 670 g/mol. The summed E-state index contributed by atoms with van der Waals surface area (Å²) < 4.78 is 0. The minimum atomic E-state index is -0.881. The van der Waals surface area contributed by atoms with Gasteiger partial charge in [-0.25, -0.2) is 0 Å². The number of aliphatic hydroxyl groups is 2. The molecule has 0 aliphatic heterocycles. The maximum absolute atomic E-state index is 10.4. The van der Waals surface area contributed by atoms with Crippen LogP contribution in [0.5, 0.6) is 0 Å². The van der Waals surface area contributed by atoms with Crippen molar-refractivity contribution < 1.29 is 39.9 Å². The van der Waals surface area contributed by atoms with Gasteiger partial charge in [0, 0.05) is 6.42 Å². The van der Waals surface area contributed by atoms with E-state index in [1.54, 1.807) is 0 Å². The van der Waals surface area contributed by atoms with Crippen LogP contribution in [0.2, 0.25) is 0 Å².